The van der Waals surface area contributed by atoms with Gasteiger partial charge in [-0.25, -0.2) is 4.39 Å². The van der Waals surface area contributed by atoms with Gasteiger partial charge in [0.2, 0.25) is 5.91 Å². The van der Waals surface area contributed by atoms with Gasteiger partial charge in [0.05, 0.1) is 12.6 Å². The number of carbonyl (C=O) groups is 1. The summed E-state index contributed by atoms with van der Waals surface area (Å²) in [7, 11) is 0. The number of rotatable bonds is 5. The minimum Gasteiger partial charge on any atom is -0.330 e. The Hall–Kier alpha value is -1.98. The highest BCUT2D eigenvalue weighted by atomic mass is 32.1. The van der Waals surface area contributed by atoms with Gasteiger partial charge in [-0.1, -0.05) is 18.2 Å². The normalized spacial score (nSPS) is 16.9. The number of halogens is 1. The Morgan fingerprint density at radius 2 is 2.17 bits per heavy atom. The van der Waals surface area contributed by atoms with Crippen LogP contribution in [0.1, 0.15) is 22.0 Å². The second kappa shape index (κ2) is 7.06. The number of nitrogens with zero attached hydrogens (tertiary/aromatic N) is 1. The van der Waals surface area contributed by atoms with Crippen molar-refractivity contribution in [1.29, 1.82) is 0 Å². The maximum Gasteiger partial charge on any atom is 0.237 e. The third kappa shape index (κ3) is 3.35. The topological polar surface area (TPSA) is 32.3 Å². The van der Waals surface area contributed by atoms with E-state index in [-0.39, 0.29) is 24.3 Å². The molecule has 23 heavy (non-hydrogen) atoms. The molecule has 3 rings (SSSR count). The van der Waals surface area contributed by atoms with Crippen molar-refractivity contribution in [2.45, 2.75) is 12.5 Å². The predicted molar refractivity (Wildman–Crippen MR) is 91.0 cm³/mol. The maximum atomic E-state index is 13.3. The van der Waals surface area contributed by atoms with Crippen LogP contribution in [0.5, 0.6) is 0 Å². The molecule has 2 aromatic rings. The van der Waals surface area contributed by atoms with Crippen LogP contribution >= 0.6 is 11.3 Å². The van der Waals surface area contributed by atoms with Gasteiger partial charge >= 0.3 is 0 Å². The van der Waals surface area contributed by atoms with Crippen LogP contribution in [0.4, 0.5) is 4.39 Å². The average molecular weight is 330 g/mol. The van der Waals surface area contributed by atoms with Crippen LogP contribution in [-0.2, 0) is 11.2 Å². The van der Waals surface area contributed by atoms with Crippen molar-refractivity contribution < 1.29 is 9.18 Å². The van der Waals surface area contributed by atoms with Gasteiger partial charge in [0.15, 0.2) is 0 Å². The molecule has 1 atom stereocenters. The highest BCUT2D eigenvalue weighted by Gasteiger charge is 2.32. The van der Waals surface area contributed by atoms with Gasteiger partial charge in [-0.2, -0.15) is 0 Å². The second-order valence-corrected chi connectivity index (χ2v) is 6.51. The van der Waals surface area contributed by atoms with Gasteiger partial charge in [-0.15, -0.1) is 17.9 Å². The molecule has 0 spiro atoms. The molecule has 1 amide bonds. The molecule has 0 saturated heterocycles. The van der Waals surface area contributed by atoms with Crippen molar-refractivity contribution in [3.05, 3.63) is 70.2 Å². The van der Waals surface area contributed by atoms with Gasteiger partial charge in [-0.3, -0.25) is 4.79 Å². The summed E-state index contributed by atoms with van der Waals surface area (Å²) in [6.45, 7) is 5.21. The Balaban J connectivity index is 1.90. The third-order valence-corrected chi connectivity index (χ3v) is 5.03. The molecular formula is C18H19FN2OS. The van der Waals surface area contributed by atoms with E-state index in [0.717, 1.165) is 17.5 Å². The minimum absolute atomic E-state index is 0.0537. The van der Waals surface area contributed by atoms with E-state index in [1.165, 1.54) is 17.0 Å². The first kappa shape index (κ1) is 15.9. The summed E-state index contributed by atoms with van der Waals surface area (Å²) in [5.74, 6) is -0.210. The smallest absolute Gasteiger partial charge is 0.237 e. The van der Waals surface area contributed by atoms with Crippen LogP contribution < -0.4 is 5.32 Å². The molecule has 2 heterocycles. The monoisotopic (exact) mass is 330 g/mol. The van der Waals surface area contributed by atoms with E-state index in [1.54, 1.807) is 29.5 Å². The summed E-state index contributed by atoms with van der Waals surface area (Å²) in [5.41, 5.74) is 2.10. The second-order valence-electron chi connectivity index (χ2n) is 5.51. The fourth-order valence-electron chi connectivity index (χ4n) is 2.97. The van der Waals surface area contributed by atoms with Crippen molar-refractivity contribution in [1.82, 2.24) is 10.2 Å². The molecule has 0 aliphatic carbocycles. The van der Waals surface area contributed by atoms with E-state index >= 15 is 0 Å². The lowest BCUT2D eigenvalue weighted by Crippen LogP contribution is -2.44. The van der Waals surface area contributed by atoms with Crippen molar-refractivity contribution in [2.24, 2.45) is 0 Å². The summed E-state index contributed by atoms with van der Waals surface area (Å²) in [4.78, 5) is 15.8. The molecule has 1 aliphatic heterocycles. The van der Waals surface area contributed by atoms with Gasteiger partial charge in [0, 0.05) is 18.0 Å². The number of benzene rings is 1. The van der Waals surface area contributed by atoms with Crippen LogP contribution in [0.15, 0.2) is 48.4 Å². The van der Waals surface area contributed by atoms with E-state index in [4.69, 9.17) is 0 Å². The SMILES string of the molecule is C=CCNCC(=O)N1CCc2sccc2[C@H]1c1ccc(F)cc1. The molecule has 0 unspecified atom stereocenters. The van der Waals surface area contributed by atoms with E-state index < -0.39 is 0 Å². The first-order valence-electron chi connectivity index (χ1n) is 7.63. The standard InChI is InChI=1S/C18H19FN2OS/c1-2-9-20-12-17(22)21-10-7-16-15(8-11-23-16)18(21)13-3-5-14(19)6-4-13/h2-6,8,11,18,20H,1,7,9-10,12H2/t18-/m1/s1. The molecule has 0 saturated carbocycles. The van der Waals surface area contributed by atoms with E-state index in [1.807, 2.05) is 4.90 Å². The van der Waals surface area contributed by atoms with E-state index in [9.17, 15) is 9.18 Å². The number of nitrogens with one attached hydrogen (secondary N) is 1. The first-order valence-corrected chi connectivity index (χ1v) is 8.51. The third-order valence-electron chi connectivity index (χ3n) is 4.04. The van der Waals surface area contributed by atoms with E-state index in [2.05, 4.69) is 23.3 Å². The number of hydrogen-bond acceptors (Lipinski definition) is 3. The summed E-state index contributed by atoms with van der Waals surface area (Å²) < 4.78 is 13.3. The Morgan fingerprint density at radius 1 is 1.39 bits per heavy atom. The number of fused-ring (bicyclic) bond motifs is 1. The zero-order chi connectivity index (χ0) is 16.2. The molecule has 1 aromatic carbocycles. The van der Waals surface area contributed by atoms with Crippen LogP contribution in [0.25, 0.3) is 0 Å². The fourth-order valence-corrected chi connectivity index (χ4v) is 3.88. The van der Waals surface area contributed by atoms with E-state index in [0.29, 0.717) is 13.1 Å². The number of hydrogen-bond donors (Lipinski definition) is 1. The molecule has 5 heteroatoms. The van der Waals surface area contributed by atoms with Crippen LogP contribution in [-0.4, -0.2) is 30.4 Å². The molecule has 1 aliphatic rings. The summed E-state index contributed by atoms with van der Waals surface area (Å²) in [5, 5.41) is 5.13. The summed E-state index contributed by atoms with van der Waals surface area (Å²) >= 11 is 1.72. The van der Waals surface area contributed by atoms with Crippen molar-refractivity contribution in [3.63, 3.8) is 0 Å². The average Bonchev–Trinajstić information content (AvgIpc) is 3.03. The Kier molecular flexibility index (Phi) is 4.88. The molecule has 1 aromatic heterocycles. The quantitative estimate of drug-likeness (QED) is 0.675. The fraction of sp³-hybridized carbons (Fsp3) is 0.278. The Bertz CT molecular complexity index is 695. The van der Waals surface area contributed by atoms with Crippen LogP contribution in [0, 0.1) is 5.82 Å². The maximum absolute atomic E-state index is 13.3. The summed E-state index contributed by atoms with van der Waals surface area (Å²) in [6, 6.07) is 8.38. The zero-order valence-electron chi connectivity index (χ0n) is 12.8. The Labute approximate surface area is 139 Å². The van der Waals surface area contributed by atoms with Crippen LogP contribution in [0.2, 0.25) is 0 Å². The van der Waals surface area contributed by atoms with Gasteiger partial charge in [0.1, 0.15) is 5.82 Å². The molecule has 3 nitrogen and oxygen atoms in total. The molecule has 0 fully saturated rings. The number of amides is 1. The molecule has 1 N–H and O–H groups in total. The predicted octanol–water partition coefficient (Wildman–Crippen LogP) is 3.14. The minimum atomic E-state index is -0.263. The van der Waals surface area contributed by atoms with Gasteiger partial charge < -0.3 is 10.2 Å². The Morgan fingerprint density at radius 3 is 2.91 bits per heavy atom. The number of carbonyl (C=O) groups excluding carboxylic acids is 1. The lowest BCUT2D eigenvalue weighted by atomic mass is 9.93. The molecule has 120 valence electrons. The van der Waals surface area contributed by atoms with Crippen molar-refractivity contribution in [2.75, 3.05) is 19.6 Å². The lowest BCUT2D eigenvalue weighted by Gasteiger charge is -2.36. The van der Waals surface area contributed by atoms with Crippen molar-refractivity contribution >= 4 is 17.2 Å². The zero-order valence-corrected chi connectivity index (χ0v) is 13.6. The molecule has 0 bridgehead atoms. The lowest BCUT2D eigenvalue weighted by molar-refractivity contribution is -0.132. The first-order chi connectivity index (χ1) is 11.2. The molecular weight excluding hydrogens is 311 g/mol. The van der Waals surface area contributed by atoms with Gasteiger partial charge in [-0.05, 0) is 41.1 Å². The largest absolute Gasteiger partial charge is 0.330 e. The number of thiophene rings is 1. The van der Waals surface area contributed by atoms with Gasteiger partial charge in [0.25, 0.3) is 0 Å². The van der Waals surface area contributed by atoms with Crippen molar-refractivity contribution in [3.8, 4) is 0 Å². The van der Waals surface area contributed by atoms with Crippen LogP contribution in [0.3, 0.4) is 0 Å². The highest BCUT2D eigenvalue weighted by Crippen LogP contribution is 2.37. The molecule has 0 radical (unpaired) electrons. The highest BCUT2D eigenvalue weighted by molar-refractivity contribution is 7.10. The summed E-state index contributed by atoms with van der Waals surface area (Å²) in [6.07, 6.45) is 2.61.